The van der Waals surface area contributed by atoms with E-state index in [0.29, 0.717) is 18.1 Å². The maximum absolute atomic E-state index is 10.7. The van der Waals surface area contributed by atoms with Gasteiger partial charge in [0.1, 0.15) is 0 Å². The Balaban J connectivity index is 1.71. The molecule has 2 saturated carbocycles. The molecule has 2 fully saturated rings. The smallest absolute Gasteiger partial charge is 0.303 e. The van der Waals surface area contributed by atoms with Crippen LogP contribution in [0.2, 0.25) is 0 Å². The highest BCUT2D eigenvalue weighted by atomic mass is 16.5. The van der Waals surface area contributed by atoms with Crippen LogP contribution in [0.4, 0.5) is 0 Å². The predicted octanol–water partition coefficient (Wildman–Crippen LogP) is 3.23. The molecule has 17 heavy (non-hydrogen) atoms. The summed E-state index contributed by atoms with van der Waals surface area (Å²) in [4.78, 5) is 10.7. The third kappa shape index (κ3) is 3.70. The van der Waals surface area contributed by atoms with Gasteiger partial charge in [0.05, 0.1) is 19.1 Å². The summed E-state index contributed by atoms with van der Waals surface area (Å²) in [5.74, 6) is -0.684. The van der Waals surface area contributed by atoms with Crippen molar-refractivity contribution in [2.45, 2.75) is 64.9 Å². The monoisotopic (exact) mass is 240 g/mol. The third-order valence-corrected chi connectivity index (χ3v) is 4.39. The van der Waals surface area contributed by atoms with Crippen molar-refractivity contribution in [3.63, 3.8) is 0 Å². The van der Waals surface area contributed by atoms with Crippen molar-refractivity contribution < 1.29 is 14.6 Å². The number of carboxylic acid groups (broad SMARTS) is 1. The fraction of sp³-hybridized carbons (Fsp3) is 0.929. The Hall–Kier alpha value is -0.570. The summed E-state index contributed by atoms with van der Waals surface area (Å²) in [7, 11) is 0. The normalized spacial score (nSPS) is 26.7. The zero-order chi connectivity index (χ0) is 12.5. The Bertz CT molecular complexity index is 282. The number of ether oxygens (including phenoxy) is 1. The van der Waals surface area contributed by atoms with E-state index in [4.69, 9.17) is 9.84 Å². The summed E-state index contributed by atoms with van der Waals surface area (Å²) >= 11 is 0. The van der Waals surface area contributed by atoms with Crippen LogP contribution < -0.4 is 0 Å². The van der Waals surface area contributed by atoms with Gasteiger partial charge in [-0.3, -0.25) is 4.79 Å². The molecule has 0 spiro atoms. The molecule has 0 aromatic carbocycles. The lowest BCUT2D eigenvalue weighted by molar-refractivity contribution is -0.139. The van der Waals surface area contributed by atoms with E-state index in [2.05, 4.69) is 13.8 Å². The van der Waals surface area contributed by atoms with E-state index in [0.717, 1.165) is 25.7 Å². The Morgan fingerprint density at radius 2 is 1.82 bits per heavy atom. The summed E-state index contributed by atoms with van der Waals surface area (Å²) in [5, 5.41) is 8.84. The number of hydrogen-bond donors (Lipinski definition) is 1. The van der Waals surface area contributed by atoms with Gasteiger partial charge in [0.15, 0.2) is 0 Å². The summed E-state index contributed by atoms with van der Waals surface area (Å²) in [6.07, 6.45) is 7.43. The van der Waals surface area contributed by atoms with Crippen LogP contribution in [-0.4, -0.2) is 23.8 Å². The molecular formula is C14H24O3. The van der Waals surface area contributed by atoms with Crippen LogP contribution >= 0.6 is 0 Å². The lowest BCUT2D eigenvalue weighted by atomic mass is 9.76. The molecule has 2 aliphatic carbocycles. The number of carbonyl (C=O) groups is 1. The highest BCUT2D eigenvalue weighted by Gasteiger charge is 2.45. The molecule has 98 valence electrons. The quantitative estimate of drug-likeness (QED) is 0.802. The van der Waals surface area contributed by atoms with Crippen molar-refractivity contribution in [3.05, 3.63) is 0 Å². The van der Waals surface area contributed by atoms with Crippen LogP contribution in [0.3, 0.4) is 0 Å². The summed E-state index contributed by atoms with van der Waals surface area (Å²) < 4.78 is 5.94. The van der Waals surface area contributed by atoms with Gasteiger partial charge in [-0.25, -0.2) is 0 Å². The molecule has 0 saturated heterocycles. The summed E-state index contributed by atoms with van der Waals surface area (Å²) in [6.45, 7) is 5.29. The second kappa shape index (κ2) is 4.60. The number of rotatable bonds is 5. The second-order valence-corrected chi connectivity index (χ2v) is 6.75. The zero-order valence-corrected chi connectivity index (χ0v) is 11.0. The van der Waals surface area contributed by atoms with Gasteiger partial charge in [-0.15, -0.1) is 0 Å². The topological polar surface area (TPSA) is 46.5 Å². The Morgan fingerprint density at radius 3 is 2.29 bits per heavy atom. The molecule has 0 unspecified atom stereocenters. The lowest BCUT2D eigenvalue weighted by Crippen LogP contribution is -2.28. The molecule has 0 bridgehead atoms. The first-order chi connectivity index (χ1) is 7.91. The minimum absolute atomic E-state index is 0.0151. The number of hydrogen-bond acceptors (Lipinski definition) is 2. The van der Waals surface area contributed by atoms with Gasteiger partial charge in [0.25, 0.3) is 0 Å². The maximum Gasteiger partial charge on any atom is 0.303 e. The van der Waals surface area contributed by atoms with E-state index in [1.165, 1.54) is 12.8 Å². The molecule has 3 nitrogen and oxygen atoms in total. The van der Waals surface area contributed by atoms with E-state index < -0.39 is 5.97 Å². The molecule has 3 heteroatoms. The Kier molecular flexibility index (Phi) is 3.48. The molecule has 0 aliphatic heterocycles. The van der Waals surface area contributed by atoms with Gasteiger partial charge < -0.3 is 9.84 Å². The molecule has 0 aromatic heterocycles. The third-order valence-electron chi connectivity index (χ3n) is 4.39. The minimum atomic E-state index is -0.684. The van der Waals surface area contributed by atoms with Gasteiger partial charge in [0.2, 0.25) is 0 Å². The molecule has 0 amide bonds. The summed E-state index contributed by atoms with van der Waals surface area (Å²) in [6, 6.07) is 0. The first-order valence-electron chi connectivity index (χ1n) is 6.74. The standard InChI is InChI=1S/C14H24O3/c1-13(2)5-3-11(4-6-13)17-10-14(7-8-14)9-12(15)16/h11H,3-10H2,1-2H3,(H,15,16). The molecule has 1 N–H and O–H groups in total. The van der Waals surface area contributed by atoms with Crippen molar-refractivity contribution in [1.29, 1.82) is 0 Å². The Morgan fingerprint density at radius 1 is 1.24 bits per heavy atom. The van der Waals surface area contributed by atoms with Crippen molar-refractivity contribution in [3.8, 4) is 0 Å². The van der Waals surface area contributed by atoms with Crippen molar-refractivity contribution in [2.75, 3.05) is 6.61 Å². The highest BCUT2D eigenvalue weighted by molar-refractivity contribution is 5.68. The van der Waals surface area contributed by atoms with E-state index in [1.54, 1.807) is 0 Å². The van der Waals surface area contributed by atoms with E-state index in [-0.39, 0.29) is 11.8 Å². The van der Waals surface area contributed by atoms with Crippen LogP contribution in [0.25, 0.3) is 0 Å². The van der Waals surface area contributed by atoms with E-state index >= 15 is 0 Å². The molecule has 0 heterocycles. The first-order valence-corrected chi connectivity index (χ1v) is 6.74. The van der Waals surface area contributed by atoms with Gasteiger partial charge in [0, 0.05) is 5.41 Å². The lowest BCUT2D eigenvalue weighted by Gasteiger charge is -2.34. The second-order valence-electron chi connectivity index (χ2n) is 6.75. The van der Waals surface area contributed by atoms with Crippen molar-refractivity contribution in [1.82, 2.24) is 0 Å². The summed E-state index contributed by atoms with van der Waals surface area (Å²) in [5.41, 5.74) is 0.455. The molecule has 2 rings (SSSR count). The number of carboxylic acids is 1. The number of aliphatic carboxylic acids is 1. The van der Waals surface area contributed by atoms with Crippen LogP contribution in [0.15, 0.2) is 0 Å². The molecular weight excluding hydrogens is 216 g/mol. The zero-order valence-electron chi connectivity index (χ0n) is 11.0. The Labute approximate surface area is 104 Å². The molecule has 0 aromatic rings. The van der Waals surface area contributed by atoms with Crippen LogP contribution in [-0.2, 0) is 9.53 Å². The van der Waals surface area contributed by atoms with Gasteiger partial charge in [-0.2, -0.15) is 0 Å². The largest absolute Gasteiger partial charge is 0.481 e. The van der Waals surface area contributed by atoms with Gasteiger partial charge >= 0.3 is 5.97 Å². The maximum atomic E-state index is 10.7. The van der Waals surface area contributed by atoms with Crippen LogP contribution in [0, 0.1) is 10.8 Å². The van der Waals surface area contributed by atoms with Crippen molar-refractivity contribution in [2.24, 2.45) is 10.8 Å². The first kappa shape index (κ1) is 12.9. The van der Waals surface area contributed by atoms with E-state index in [1.807, 2.05) is 0 Å². The average molecular weight is 240 g/mol. The molecule has 0 radical (unpaired) electrons. The van der Waals surface area contributed by atoms with Gasteiger partial charge in [-0.1, -0.05) is 13.8 Å². The molecule has 2 aliphatic rings. The molecule has 0 atom stereocenters. The SMILES string of the molecule is CC1(C)CCC(OCC2(CC(=O)O)CC2)CC1. The van der Waals surface area contributed by atoms with Gasteiger partial charge in [-0.05, 0) is 43.9 Å². The van der Waals surface area contributed by atoms with Crippen molar-refractivity contribution >= 4 is 5.97 Å². The fourth-order valence-corrected chi connectivity index (χ4v) is 2.70. The highest BCUT2D eigenvalue weighted by Crippen LogP contribution is 2.49. The van der Waals surface area contributed by atoms with Crippen LogP contribution in [0.1, 0.15) is 58.8 Å². The minimum Gasteiger partial charge on any atom is -0.481 e. The fourth-order valence-electron chi connectivity index (χ4n) is 2.70. The predicted molar refractivity (Wildman–Crippen MR) is 65.9 cm³/mol. The van der Waals surface area contributed by atoms with E-state index in [9.17, 15) is 4.79 Å². The van der Waals surface area contributed by atoms with Crippen LogP contribution in [0.5, 0.6) is 0 Å². The average Bonchev–Trinajstić information content (AvgIpc) is 2.96.